The van der Waals surface area contributed by atoms with Crippen molar-refractivity contribution in [3.63, 3.8) is 0 Å². The lowest BCUT2D eigenvalue weighted by atomic mass is 10.3. The summed E-state index contributed by atoms with van der Waals surface area (Å²) in [6, 6.07) is 6.72. The SMILES string of the molecule is CCOC(=O)c1ccc(-c2ccc(C3OCCO3)o2)o1. The standard InChI is InChI=1S/C14H14O6/c1-2-16-13(15)11-5-3-9(19-11)10-4-6-12(20-10)14-17-7-8-18-14/h3-6,14H,2,7-8H2,1H3. The molecule has 0 aromatic carbocycles. The van der Waals surface area contributed by atoms with Crippen LogP contribution >= 0.6 is 0 Å². The fourth-order valence-electron chi connectivity index (χ4n) is 1.92. The minimum absolute atomic E-state index is 0.146. The van der Waals surface area contributed by atoms with Gasteiger partial charge in [0, 0.05) is 0 Å². The third-order valence-corrected chi connectivity index (χ3v) is 2.81. The van der Waals surface area contributed by atoms with Crippen LogP contribution in [0.2, 0.25) is 0 Å². The Morgan fingerprint density at radius 3 is 2.60 bits per heavy atom. The third kappa shape index (κ3) is 2.48. The van der Waals surface area contributed by atoms with E-state index in [2.05, 4.69) is 0 Å². The van der Waals surface area contributed by atoms with Gasteiger partial charge in [0.05, 0.1) is 19.8 Å². The van der Waals surface area contributed by atoms with Gasteiger partial charge < -0.3 is 23.0 Å². The Morgan fingerprint density at radius 1 is 1.15 bits per heavy atom. The topological polar surface area (TPSA) is 71.0 Å². The number of carbonyl (C=O) groups is 1. The molecule has 0 bridgehead atoms. The van der Waals surface area contributed by atoms with Gasteiger partial charge in [-0.2, -0.15) is 0 Å². The zero-order valence-electron chi connectivity index (χ0n) is 11.0. The number of ether oxygens (including phenoxy) is 3. The molecule has 106 valence electrons. The maximum absolute atomic E-state index is 11.5. The highest BCUT2D eigenvalue weighted by molar-refractivity contribution is 5.86. The highest BCUT2D eigenvalue weighted by Crippen LogP contribution is 2.30. The van der Waals surface area contributed by atoms with Crippen LogP contribution in [0.25, 0.3) is 11.5 Å². The number of furan rings is 2. The van der Waals surface area contributed by atoms with E-state index in [-0.39, 0.29) is 5.76 Å². The first kappa shape index (κ1) is 13.0. The minimum Gasteiger partial charge on any atom is -0.460 e. The predicted molar refractivity (Wildman–Crippen MR) is 67.0 cm³/mol. The summed E-state index contributed by atoms with van der Waals surface area (Å²) in [5.74, 6) is 1.19. The second-order valence-corrected chi connectivity index (χ2v) is 4.16. The molecule has 0 N–H and O–H groups in total. The molecular weight excluding hydrogens is 264 g/mol. The second-order valence-electron chi connectivity index (χ2n) is 4.16. The molecule has 0 unspecified atom stereocenters. The molecule has 2 aromatic heterocycles. The van der Waals surface area contributed by atoms with Gasteiger partial charge in [-0.15, -0.1) is 0 Å². The van der Waals surface area contributed by atoms with Crippen LogP contribution in [0.4, 0.5) is 0 Å². The Kier molecular flexibility index (Phi) is 3.58. The number of hydrogen-bond donors (Lipinski definition) is 0. The highest BCUT2D eigenvalue weighted by Gasteiger charge is 2.23. The van der Waals surface area contributed by atoms with Crippen molar-refractivity contribution in [2.24, 2.45) is 0 Å². The van der Waals surface area contributed by atoms with Crippen LogP contribution in [0.5, 0.6) is 0 Å². The molecule has 1 saturated heterocycles. The summed E-state index contributed by atoms with van der Waals surface area (Å²) in [5.41, 5.74) is 0. The van der Waals surface area contributed by atoms with Crippen LogP contribution in [0, 0.1) is 0 Å². The van der Waals surface area contributed by atoms with Crippen molar-refractivity contribution in [1.82, 2.24) is 0 Å². The number of carbonyl (C=O) groups excluding carboxylic acids is 1. The zero-order valence-corrected chi connectivity index (χ0v) is 11.0. The van der Waals surface area contributed by atoms with E-state index in [1.54, 1.807) is 31.2 Å². The van der Waals surface area contributed by atoms with Gasteiger partial charge in [-0.1, -0.05) is 0 Å². The Hall–Kier alpha value is -2.05. The van der Waals surface area contributed by atoms with E-state index in [0.29, 0.717) is 37.1 Å². The maximum Gasteiger partial charge on any atom is 0.374 e. The van der Waals surface area contributed by atoms with Gasteiger partial charge in [0.15, 0.2) is 17.3 Å². The molecular formula is C14H14O6. The predicted octanol–water partition coefficient (Wildman–Crippen LogP) is 2.76. The second kappa shape index (κ2) is 5.52. The summed E-state index contributed by atoms with van der Waals surface area (Å²) in [4.78, 5) is 11.5. The van der Waals surface area contributed by atoms with Crippen LogP contribution in [0.15, 0.2) is 33.1 Å². The van der Waals surface area contributed by atoms with E-state index < -0.39 is 12.3 Å². The van der Waals surface area contributed by atoms with Crippen molar-refractivity contribution in [1.29, 1.82) is 0 Å². The summed E-state index contributed by atoms with van der Waals surface area (Å²) >= 11 is 0. The minimum atomic E-state index is -0.493. The van der Waals surface area contributed by atoms with E-state index in [1.807, 2.05) is 0 Å². The van der Waals surface area contributed by atoms with Crippen molar-refractivity contribution >= 4 is 5.97 Å². The Morgan fingerprint density at radius 2 is 1.85 bits per heavy atom. The Labute approximate surface area is 115 Å². The van der Waals surface area contributed by atoms with Crippen molar-refractivity contribution in [3.8, 4) is 11.5 Å². The lowest BCUT2D eigenvalue weighted by Gasteiger charge is -2.03. The smallest absolute Gasteiger partial charge is 0.374 e. The molecule has 6 heteroatoms. The van der Waals surface area contributed by atoms with Crippen molar-refractivity contribution in [2.75, 3.05) is 19.8 Å². The van der Waals surface area contributed by atoms with E-state index in [0.717, 1.165) is 0 Å². The van der Waals surface area contributed by atoms with Crippen molar-refractivity contribution in [3.05, 3.63) is 35.8 Å². The molecule has 3 rings (SSSR count). The summed E-state index contributed by atoms with van der Waals surface area (Å²) in [6.45, 7) is 3.14. The molecule has 0 spiro atoms. The molecule has 0 amide bonds. The first-order valence-corrected chi connectivity index (χ1v) is 6.38. The molecule has 6 nitrogen and oxygen atoms in total. The Bertz CT molecular complexity index is 590. The van der Waals surface area contributed by atoms with Gasteiger partial charge in [-0.3, -0.25) is 0 Å². The molecule has 20 heavy (non-hydrogen) atoms. The molecule has 1 fully saturated rings. The van der Waals surface area contributed by atoms with Crippen LogP contribution in [-0.4, -0.2) is 25.8 Å². The number of esters is 1. The van der Waals surface area contributed by atoms with E-state index in [9.17, 15) is 4.79 Å². The van der Waals surface area contributed by atoms with E-state index in [1.165, 1.54) is 0 Å². The first-order valence-electron chi connectivity index (χ1n) is 6.38. The molecule has 0 atom stereocenters. The quantitative estimate of drug-likeness (QED) is 0.801. The van der Waals surface area contributed by atoms with Gasteiger partial charge in [0.1, 0.15) is 0 Å². The van der Waals surface area contributed by atoms with Gasteiger partial charge in [-0.05, 0) is 31.2 Å². The molecule has 0 aliphatic carbocycles. The average molecular weight is 278 g/mol. The fourth-order valence-corrected chi connectivity index (χ4v) is 1.92. The van der Waals surface area contributed by atoms with Crippen LogP contribution in [0.1, 0.15) is 29.5 Å². The van der Waals surface area contributed by atoms with Crippen LogP contribution in [0.3, 0.4) is 0 Å². The lowest BCUT2D eigenvalue weighted by Crippen LogP contribution is -2.02. The van der Waals surface area contributed by atoms with Crippen LogP contribution in [-0.2, 0) is 14.2 Å². The largest absolute Gasteiger partial charge is 0.460 e. The lowest BCUT2D eigenvalue weighted by molar-refractivity contribution is -0.0585. The van der Waals surface area contributed by atoms with Gasteiger partial charge in [0.25, 0.3) is 0 Å². The molecule has 0 radical (unpaired) electrons. The zero-order chi connectivity index (χ0) is 13.9. The maximum atomic E-state index is 11.5. The third-order valence-electron chi connectivity index (χ3n) is 2.81. The van der Waals surface area contributed by atoms with E-state index in [4.69, 9.17) is 23.0 Å². The molecule has 1 aliphatic rings. The van der Waals surface area contributed by atoms with Gasteiger partial charge in [0.2, 0.25) is 12.1 Å². The Balaban J connectivity index is 1.77. The fraction of sp³-hybridized carbons (Fsp3) is 0.357. The molecule has 1 aliphatic heterocycles. The number of rotatable bonds is 4. The molecule has 2 aromatic rings. The normalized spacial score (nSPS) is 15.7. The van der Waals surface area contributed by atoms with Crippen molar-refractivity contribution < 1.29 is 27.8 Å². The molecule has 0 saturated carbocycles. The summed E-state index contributed by atoms with van der Waals surface area (Å²) in [6.07, 6.45) is -0.469. The first-order chi connectivity index (χ1) is 9.78. The summed E-state index contributed by atoms with van der Waals surface area (Å²) in [5, 5.41) is 0. The molecule has 3 heterocycles. The van der Waals surface area contributed by atoms with E-state index >= 15 is 0 Å². The summed E-state index contributed by atoms with van der Waals surface area (Å²) < 4.78 is 26.6. The van der Waals surface area contributed by atoms with Crippen LogP contribution < -0.4 is 0 Å². The highest BCUT2D eigenvalue weighted by atomic mass is 16.7. The summed E-state index contributed by atoms with van der Waals surface area (Å²) in [7, 11) is 0. The van der Waals surface area contributed by atoms with Gasteiger partial charge >= 0.3 is 5.97 Å². The monoisotopic (exact) mass is 278 g/mol. The number of hydrogen-bond acceptors (Lipinski definition) is 6. The average Bonchev–Trinajstić information content (AvgIpc) is 3.19. The van der Waals surface area contributed by atoms with Gasteiger partial charge in [-0.25, -0.2) is 4.79 Å². The van der Waals surface area contributed by atoms with Crippen molar-refractivity contribution in [2.45, 2.75) is 13.2 Å².